The molecule has 0 aromatic heterocycles. The largest absolute Gasteiger partial charge is 0.382 e. The minimum absolute atomic E-state index is 0.0368. The van der Waals surface area contributed by atoms with Crippen LogP contribution in [0.1, 0.15) is 13.8 Å². The molecule has 78 valence electrons. The standard InChI is InChI=1S/C6H10N2O6/c1-5(9)13-7(11)3-4-8(12)14-6(2)10/h3-4,11-12H,1-2H3/q+2. The van der Waals surface area contributed by atoms with Crippen molar-refractivity contribution in [1.82, 2.24) is 0 Å². The summed E-state index contributed by atoms with van der Waals surface area (Å²) in [5.74, 6) is -1.51. The maximum Gasteiger partial charge on any atom is 0.382 e. The Kier molecular flexibility index (Phi) is 4.68. The van der Waals surface area contributed by atoms with Gasteiger partial charge in [0.25, 0.3) is 0 Å². The zero-order valence-electron chi connectivity index (χ0n) is 7.58. The van der Waals surface area contributed by atoms with E-state index in [4.69, 9.17) is 10.4 Å². The van der Waals surface area contributed by atoms with Gasteiger partial charge in [0.05, 0.1) is 0 Å². The van der Waals surface area contributed by atoms with E-state index in [1.54, 1.807) is 0 Å². The Hall–Kier alpha value is -2.12. The second-order valence-electron chi connectivity index (χ2n) is 2.07. The Morgan fingerprint density at radius 2 is 1.29 bits per heavy atom. The summed E-state index contributed by atoms with van der Waals surface area (Å²) in [5, 5.41) is 17.5. The summed E-state index contributed by atoms with van der Waals surface area (Å²) >= 11 is 0. The fourth-order valence-corrected chi connectivity index (χ4v) is 0.438. The zero-order valence-corrected chi connectivity index (χ0v) is 7.58. The lowest BCUT2D eigenvalue weighted by Gasteiger charge is -1.85. The smallest absolute Gasteiger partial charge is 0.245 e. The molecule has 0 aliphatic carbocycles. The first kappa shape index (κ1) is 11.9. The van der Waals surface area contributed by atoms with E-state index in [9.17, 15) is 9.59 Å². The summed E-state index contributed by atoms with van der Waals surface area (Å²) in [7, 11) is 0. The summed E-state index contributed by atoms with van der Waals surface area (Å²) in [4.78, 5) is 28.8. The van der Waals surface area contributed by atoms with Gasteiger partial charge >= 0.3 is 24.4 Å². The first-order valence-electron chi connectivity index (χ1n) is 3.43. The van der Waals surface area contributed by atoms with Gasteiger partial charge in [0.1, 0.15) is 0 Å². The monoisotopic (exact) mass is 206 g/mol. The SMILES string of the molecule is CC(=O)O[N+](O)=CC=[N+](O)OC(C)=O. The van der Waals surface area contributed by atoms with Gasteiger partial charge < -0.3 is 0 Å². The summed E-state index contributed by atoms with van der Waals surface area (Å²) in [5.41, 5.74) is 0. The number of nitrogens with zero attached hydrogens (tertiary/aromatic N) is 2. The number of hydrogen-bond acceptors (Lipinski definition) is 6. The van der Waals surface area contributed by atoms with Crippen LogP contribution in [0.4, 0.5) is 0 Å². The molecular formula is C6H10N2O6+2. The van der Waals surface area contributed by atoms with Crippen LogP contribution in [0.2, 0.25) is 0 Å². The summed E-state index contributed by atoms with van der Waals surface area (Å²) in [6.07, 6.45) is 1.48. The van der Waals surface area contributed by atoms with E-state index < -0.39 is 11.9 Å². The minimum atomic E-state index is -0.755. The predicted octanol–water partition coefficient (Wildman–Crippen LogP) is -1.11. The van der Waals surface area contributed by atoms with E-state index in [2.05, 4.69) is 9.68 Å². The Morgan fingerprint density at radius 1 is 1.00 bits per heavy atom. The van der Waals surface area contributed by atoms with Crippen LogP contribution in [-0.2, 0) is 19.3 Å². The molecular weight excluding hydrogens is 196 g/mol. The third-order valence-electron chi connectivity index (χ3n) is 0.766. The molecule has 0 aromatic carbocycles. The van der Waals surface area contributed by atoms with Gasteiger partial charge in [-0.2, -0.15) is 0 Å². The van der Waals surface area contributed by atoms with Crippen LogP contribution < -0.4 is 0 Å². The highest BCUT2D eigenvalue weighted by Crippen LogP contribution is 1.75. The van der Waals surface area contributed by atoms with Crippen LogP contribution in [0, 0.1) is 0 Å². The fourth-order valence-electron chi connectivity index (χ4n) is 0.438. The highest BCUT2D eigenvalue weighted by molar-refractivity contribution is 6.10. The Bertz CT molecular complexity index is 265. The van der Waals surface area contributed by atoms with Crippen molar-refractivity contribution < 1.29 is 39.5 Å². The van der Waals surface area contributed by atoms with E-state index >= 15 is 0 Å². The van der Waals surface area contributed by atoms with Crippen molar-refractivity contribution in [3.8, 4) is 0 Å². The second kappa shape index (κ2) is 5.51. The molecule has 0 saturated carbocycles. The molecule has 0 unspecified atom stereocenters. The average Bonchev–Trinajstić information content (AvgIpc) is 1.98. The van der Waals surface area contributed by atoms with E-state index in [1.807, 2.05) is 0 Å². The van der Waals surface area contributed by atoms with Crippen LogP contribution in [-0.4, -0.2) is 44.6 Å². The number of carbonyl (C=O) groups is 2. The Morgan fingerprint density at radius 3 is 1.50 bits per heavy atom. The molecule has 0 radical (unpaired) electrons. The molecule has 14 heavy (non-hydrogen) atoms. The predicted molar refractivity (Wildman–Crippen MR) is 39.8 cm³/mol. The maximum atomic E-state index is 10.3. The molecule has 0 bridgehead atoms. The lowest BCUT2D eigenvalue weighted by Crippen LogP contribution is -2.18. The average molecular weight is 206 g/mol. The van der Waals surface area contributed by atoms with Gasteiger partial charge in [-0.25, -0.2) is 20.0 Å². The van der Waals surface area contributed by atoms with Gasteiger partial charge in [-0.15, -0.1) is 9.68 Å². The van der Waals surface area contributed by atoms with E-state index in [0.29, 0.717) is 0 Å². The van der Waals surface area contributed by atoms with Gasteiger partial charge in [0.2, 0.25) is 9.80 Å². The molecule has 2 N–H and O–H groups in total. The van der Waals surface area contributed by atoms with E-state index in [-0.39, 0.29) is 9.80 Å². The van der Waals surface area contributed by atoms with Crippen LogP contribution in [0.3, 0.4) is 0 Å². The molecule has 0 fully saturated rings. The zero-order chi connectivity index (χ0) is 11.1. The fraction of sp³-hybridized carbons (Fsp3) is 0.333. The maximum absolute atomic E-state index is 10.3. The quantitative estimate of drug-likeness (QED) is 0.263. The van der Waals surface area contributed by atoms with Crippen molar-refractivity contribution in [3.63, 3.8) is 0 Å². The first-order valence-corrected chi connectivity index (χ1v) is 3.43. The molecule has 0 saturated heterocycles. The van der Waals surface area contributed by atoms with Gasteiger partial charge in [-0.05, 0) is 0 Å². The molecule has 0 rings (SSSR count). The number of hydrogen-bond donors (Lipinski definition) is 2. The summed E-state index contributed by atoms with van der Waals surface area (Å²) in [6, 6.07) is 0. The topological polar surface area (TPSA) is 99.1 Å². The Labute approximate surface area is 78.7 Å². The van der Waals surface area contributed by atoms with Crippen LogP contribution in [0.25, 0.3) is 0 Å². The molecule has 0 amide bonds. The molecule has 0 atom stereocenters. The molecule has 0 aromatic rings. The van der Waals surface area contributed by atoms with Crippen molar-refractivity contribution in [1.29, 1.82) is 0 Å². The number of carbonyl (C=O) groups excluding carboxylic acids is 2. The van der Waals surface area contributed by atoms with Crippen LogP contribution in [0.5, 0.6) is 0 Å². The molecule has 8 heteroatoms. The minimum Gasteiger partial charge on any atom is -0.245 e. The highest BCUT2D eigenvalue weighted by atomic mass is 16.9. The van der Waals surface area contributed by atoms with Gasteiger partial charge in [-0.1, -0.05) is 0 Å². The molecule has 0 aliphatic rings. The summed E-state index contributed by atoms with van der Waals surface area (Å²) in [6.45, 7) is 2.14. The lowest BCUT2D eigenvalue weighted by molar-refractivity contribution is -0.948. The van der Waals surface area contributed by atoms with Crippen molar-refractivity contribution in [2.24, 2.45) is 0 Å². The third kappa shape index (κ3) is 6.58. The molecule has 0 spiro atoms. The lowest BCUT2D eigenvalue weighted by atomic mass is 10.8. The van der Waals surface area contributed by atoms with E-state index in [0.717, 1.165) is 26.3 Å². The Balaban J connectivity index is 4.23. The van der Waals surface area contributed by atoms with Crippen molar-refractivity contribution in [2.45, 2.75) is 13.8 Å². The van der Waals surface area contributed by atoms with Gasteiger partial charge in [0.15, 0.2) is 0 Å². The second-order valence-corrected chi connectivity index (χ2v) is 2.07. The highest BCUT2D eigenvalue weighted by Gasteiger charge is 2.11. The van der Waals surface area contributed by atoms with Crippen molar-refractivity contribution >= 4 is 24.4 Å². The van der Waals surface area contributed by atoms with Crippen LogP contribution in [0.15, 0.2) is 0 Å². The molecule has 0 heterocycles. The molecule has 8 nitrogen and oxygen atoms in total. The van der Waals surface area contributed by atoms with E-state index in [1.165, 1.54) is 0 Å². The third-order valence-corrected chi connectivity index (χ3v) is 0.766. The normalized spacial score (nSPS) is 12.1. The van der Waals surface area contributed by atoms with Gasteiger partial charge in [0, 0.05) is 13.8 Å². The molecule has 0 aliphatic heterocycles. The van der Waals surface area contributed by atoms with Crippen molar-refractivity contribution in [2.75, 3.05) is 0 Å². The van der Waals surface area contributed by atoms with Gasteiger partial charge in [-0.3, -0.25) is 0 Å². The summed E-state index contributed by atoms with van der Waals surface area (Å²) < 4.78 is 0. The number of rotatable bonds is 3. The van der Waals surface area contributed by atoms with Crippen LogP contribution >= 0.6 is 0 Å². The first-order chi connectivity index (χ1) is 6.41. The van der Waals surface area contributed by atoms with Crippen molar-refractivity contribution in [3.05, 3.63) is 0 Å².